The van der Waals surface area contributed by atoms with Gasteiger partial charge in [0, 0.05) is 12.4 Å². The maximum absolute atomic E-state index is 9.44. The molecule has 0 aliphatic heterocycles. The van der Waals surface area contributed by atoms with Crippen LogP contribution in [0.4, 0.5) is 11.4 Å². The van der Waals surface area contributed by atoms with Gasteiger partial charge in [0.2, 0.25) is 0 Å². The van der Waals surface area contributed by atoms with Gasteiger partial charge in [-0.2, -0.15) is 0 Å². The standard InChI is InChI=1S/C22H20N2O2/c1-15-11-19(25)7-9-21(15)23-13-17-3-5-18(6-4-17)14-24-22-10-8-20(26)12-16(22)2/h3-14,25-26H,1-2H3. The van der Waals surface area contributed by atoms with Gasteiger partial charge in [0.05, 0.1) is 11.4 Å². The summed E-state index contributed by atoms with van der Waals surface area (Å²) < 4.78 is 0. The first-order valence-corrected chi connectivity index (χ1v) is 8.29. The molecule has 3 aromatic carbocycles. The Labute approximate surface area is 152 Å². The van der Waals surface area contributed by atoms with Crippen molar-refractivity contribution in [3.8, 4) is 11.5 Å². The van der Waals surface area contributed by atoms with E-state index in [1.165, 1.54) is 0 Å². The lowest BCUT2D eigenvalue weighted by Crippen LogP contribution is -1.85. The van der Waals surface area contributed by atoms with Gasteiger partial charge in [-0.05, 0) is 72.5 Å². The van der Waals surface area contributed by atoms with E-state index < -0.39 is 0 Å². The highest BCUT2D eigenvalue weighted by atomic mass is 16.3. The van der Waals surface area contributed by atoms with Gasteiger partial charge in [-0.15, -0.1) is 0 Å². The van der Waals surface area contributed by atoms with Crippen LogP contribution < -0.4 is 0 Å². The summed E-state index contributed by atoms with van der Waals surface area (Å²) in [4.78, 5) is 8.93. The molecular formula is C22H20N2O2. The van der Waals surface area contributed by atoms with Crippen molar-refractivity contribution in [2.45, 2.75) is 13.8 Å². The van der Waals surface area contributed by atoms with E-state index in [1.807, 2.05) is 38.1 Å². The molecule has 4 nitrogen and oxygen atoms in total. The topological polar surface area (TPSA) is 65.2 Å². The summed E-state index contributed by atoms with van der Waals surface area (Å²) in [7, 11) is 0. The van der Waals surface area contributed by atoms with Gasteiger partial charge in [-0.3, -0.25) is 9.98 Å². The summed E-state index contributed by atoms with van der Waals surface area (Å²) in [5.41, 5.74) is 5.47. The van der Waals surface area contributed by atoms with E-state index in [0.29, 0.717) is 0 Å². The van der Waals surface area contributed by atoms with Crippen LogP contribution in [0.3, 0.4) is 0 Å². The maximum Gasteiger partial charge on any atom is 0.115 e. The summed E-state index contributed by atoms with van der Waals surface area (Å²) >= 11 is 0. The maximum atomic E-state index is 9.44. The van der Waals surface area contributed by atoms with Crippen LogP contribution in [0.5, 0.6) is 11.5 Å². The van der Waals surface area contributed by atoms with E-state index in [-0.39, 0.29) is 11.5 Å². The van der Waals surface area contributed by atoms with Crippen LogP contribution in [0.1, 0.15) is 22.3 Å². The predicted molar refractivity (Wildman–Crippen MR) is 107 cm³/mol. The minimum Gasteiger partial charge on any atom is -0.508 e. The largest absolute Gasteiger partial charge is 0.508 e. The van der Waals surface area contributed by atoms with Gasteiger partial charge >= 0.3 is 0 Å². The molecule has 0 radical (unpaired) electrons. The Kier molecular flexibility index (Phi) is 5.13. The third-order valence-corrected chi connectivity index (χ3v) is 4.00. The van der Waals surface area contributed by atoms with Gasteiger partial charge in [-0.25, -0.2) is 0 Å². The lowest BCUT2D eigenvalue weighted by atomic mass is 10.1. The van der Waals surface area contributed by atoms with Crippen LogP contribution in [-0.2, 0) is 0 Å². The van der Waals surface area contributed by atoms with Crippen molar-refractivity contribution >= 4 is 23.8 Å². The van der Waals surface area contributed by atoms with E-state index in [2.05, 4.69) is 9.98 Å². The molecule has 0 aliphatic rings. The molecule has 3 aromatic rings. The Bertz CT molecular complexity index is 893. The number of hydrogen-bond acceptors (Lipinski definition) is 4. The lowest BCUT2D eigenvalue weighted by molar-refractivity contribution is 0.474. The Morgan fingerprint density at radius 3 is 1.35 bits per heavy atom. The second-order valence-electron chi connectivity index (χ2n) is 6.12. The fraction of sp³-hybridized carbons (Fsp3) is 0.0909. The average Bonchev–Trinajstić information content (AvgIpc) is 2.61. The van der Waals surface area contributed by atoms with Crippen molar-refractivity contribution in [1.82, 2.24) is 0 Å². The molecule has 2 N–H and O–H groups in total. The highest BCUT2D eigenvalue weighted by Gasteiger charge is 1.98. The highest BCUT2D eigenvalue weighted by molar-refractivity contribution is 5.86. The molecule has 3 rings (SSSR count). The molecule has 26 heavy (non-hydrogen) atoms. The Morgan fingerprint density at radius 1 is 0.615 bits per heavy atom. The minimum atomic E-state index is 0.244. The molecule has 0 heterocycles. The Morgan fingerprint density at radius 2 is 1.00 bits per heavy atom. The first-order chi connectivity index (χ1) is 12.5. The Hall–Kier alpha value is -3.40. The summed E-state index contributed by atoms with van der Waals surface area (Å²) in [6.07, 6.45) is 3.59. The van der Waals surface area contributed by atoms with Gasteiger partial charge in [0.25, 0.3) is 0 Å². The zero-order chi connectivity index (χ0) is 18.5. The Balaban J connectivity index is 1.72. The molecule has 130 valence electrons. The van der Waals surface area contributed by atoms with Crippen molar-refractivity contribution < 1.29 is 10.2 Å². The quantitative estimate of drug-likeness (QED) is 0.638. The minimum absolute atomic E-state index is 0.244. The molecule has 0 saturated heterocycles. The van der Waals surface area contributed by atoms with E-state index in [9.17, 15) is 10.2 Å². The smallest absolute Gasteiger partial charge is 0.115 e. The zero-order valence-corrected chi connectivity index (χ0v) is 14.7. The SMILES string of the molecule is Cc1cc(O)ccc1N=Cc1ccc(C=Nc2ccc(O)cc2C)cc1. The number of benzene rings is 3. The summed E-state index contributed by atoms with van der Waals surface area (Å²) in [6, 6.07) is 18.1. The number of rotatable bonds is 4. The molecule has 0 fully saturated rings. The van der Waals surface area contributed by atoms with Crippen LogP contribution in [0, 0.1) is 13.8 Å². The number of aliphatic imine (C=N–C) groups is 2. The molecule has 0 unspecified atom stereocenters. The summed E-state index contributed by atoms with van der Waals surface area (Å²) in [6.45, 7) is 3.83. The highest BCUT2D eigenvalue weighted by Crippen LogP contribution is 2.23. The van der Waals surface area contributed by atoms with E-state index in [1.54, 1.807) is 48.8 Å². The number of phenolic OH excluding ortho intramolecular Hbond substituents is 2. The number of aryl methyl sites for hydroxylation is 2. The van der Waals surface area contributed by atoms with Gasteiger partial charge in [0.1, 0.15) is 11.5 Å². The second-order valence-corrected chi connectivity index (χ2v) is 6.12. The zero-order valence-electron chi connectivity index (χ0n) is 14.7. The lowest BCUT2D eigenvalue weighted by Gasteiger charge is -2.01. The fourth-order valence-electron chi connectivity index (χ4n) is 2.53. The third-order valence-electron chi connectivity index (χ3n) is 4.00. The van der Waals surface area contributed by atoms with Crippen LogP contribution >= 0.6 is 0 Å². The normalized spacial score (nSPS) is 11.5. The van der Waals surface area contributed by atoms with Gasteiger partial charge in [0.15, 0.2) is 0 Å². The predicted octanol–water partition coefficient (Wildman–Crippen LogP) is 5.22. The van der Waals surface area contributed by atoms with Crippen molar-refractivity contribution in [2.24, 2.45) is 9.98 Å². The molecule has 0 saturated carbocycles. The van der Waals surface area contributed by atoms with Crippen LogP contribution in [-0.4, -0.2) is 22.6 Å². The van der Waals surface area contributed by atoms with Crippen molar-refractivity contribution in [2.75, 3.05) is 0 Å². The first-order valence-electron chi connectivity index (χ1n) is 8.29. The van der Waals surface area contributed by atoms with Gasteiger partial charge in [-0.1, -0.05) is 24.3 Å². The van der Waals surface area contributed by atoms with Crippen molar-refractivity contribution in [3.63, 3.8) is 0 Å². The molecule has 0 spiro atoms. The summed E-state index contributed by atoms with van der Waals surface area (Å²) in [5.74, 6) is 0.489. The molecule has 4 heteroatoms. The second kappa shape index (κ2) is 7.66. The monoisotopic (exact) mass is 344 g/mol. The molecule has 0 bridgehead atoms. The number of aromatic hydroxyl groups is 2. The fourth-order valence-corrected chi connectivity index (χ4v) is 2.53. The van der Waals surface area contributed by atoms with Crippen LogP contribution in [0.25, 0.3) is 0 Å². The average molecular weight is 344 g/mol. The molecule has 0 amide bonds. The van der Waals surface area contributed by atoms with Crippen LogP contribution in [0.2, 0.25) is 0 Å². The molecule has 0 aromatic heterocycles. The number of phenols is 2. The van der Waals surface area contributed by atoms with E-state index in [4.69, 9.17) is 0 Å². The van der Waals surface area contributed by atoms with Crippen LogP contribution in [0.15, 0.2) is 70.6 Å². The van der Waals surface area contributed by atoms with Crippen molar-refractivity contribution in [3.05, 3.63) is 82.9 Å². The van der Waals surface area contributed by atoms with Gasteiger partial charge < -0.3 is 10.2 Å². The molecular weight excluding hydrogens is 324 g/mol. The van der Waals surface area contributed by atoms with E-state index in [0.717, 1.165) is 33.6 Å². The summed E-state index contributed by atoms with van der Waals surface area (Å²) in [5, 5.41) is 18.9. The molecule has 0 atom stereocenters. The number of nitrogens with zero attached hydrogens (tertiary/aromatic N) is 2. The van der Waals surface area contributed by atoms with E-state index >= 15 is 0 Å². The number of hydrogen-bond donors (Lipinski definition) is 2. The third kappa shape index (κ3) is 4.36. The first kappa shape index (κ1) is 17.4. The molecule has 0 aliphatic carbocycles. The van der Waals surface area contributed by atoms with Crippen molar-refractivity contribution in [1.29, 1.82) is 0 Å².